The molecule has 15 heteroatoms. The number of carbonyl (C=O) groups excluding carboxylic acids is 4. The SMILES string of the molecule is CC[C@H](C)[C@@H]([C@@H](CC(=O)N1CCC[C@H]1[C@H](OC)[C@@H](C)C(=O)N[C@H](CCc1ccc(S(=O)(=O)O)cc1)Cc1ccccc1)OC)N(C)C(=O)[C@@H](NC(=O)[C@@H](NC)C(C)C)C(C)C. The predicted octanol–water partition coefficient (Wildman–Crippen LogP) is 4.90. The Balaban J connectivity index is 1.79. The third kappa shape index (κ3) is 14.3. The lowest BCUT2D eigenvalue weighted by Crippen LogP contribution is -2.59. The van der Waals surface area contributed by atoms with Gasteiger partial charge in [0.25, 0.3) is 10.1 Å². The molecule has 9 atom stereocenters. The van der Waals surface area contributed by atoms with Gasteiger partial charge < -0.3 is 35.2 Å². The van der Waals surface area contributed by atoms with Crippen LogP contribution in [0.3, 0.4) is 0 Å². The van der Waals surface area contributed by atoms with Crippen LogP contribution >= 0.6 is 0 Å². The first-order chi connectivity index (χ1) is 28.8. The molecule has 4 amide bonds. The van der Waals surface area contributed by atoms with Crippen LogP contribution in [0.15, 0.2) is 59.5 Å². The maximum Gasteiger partial charge on any atom is 0.294 e. The summed E-state index contributed by atoms with van der Waals surface area (Å²) in [7, 11) is 2.26. The fourth-order valence-corrected chi connectivity index (χ4v) is 9.15. The summed E-state index contributed by atoms with van der Waals surface area (Å²) >= 11 is 0. The molecular formula is C46H73N5O9S. The number of carbonyl (C=O) groups is 4. The molecule has 0 radical (unpaired) electrons. The summed E-state index contributed by atoms with van der Waals surface area (Å²) in [5.41, 5.74) is 1.91. The van der Waals surface area contributed by atoms with E-state index >= 15 is 0 Å². The molecule has 0 spiro atoms. The van der Waals surface area contributed by atoms with Crippen molar-refractivity contribution in [2.45, 2.75) is 141 Å². The zero-order chi connectivity index (χ0) is 45.6. The average Bonchev–Trinajstić information content (AvgIpc) is 3.71. The zero-order valence-corrected chi connectivity index (χ0v) is 39.0. The highest BCUT2D eigenvalue weighted by Gasteiger charge is 2.43. The number of benzene rings is 2. The minimum atomic E-state index is -4.31. The van der Waals surface area contributed by atoms with Crippen molar-refractivity contribution in [1.29, 1.82) is 0 Å². The number of likely N-dealkylation sites (tertiary alicyclic amines) is 1. The van der Waals surface area contributed by atoms with Crippen LogP contribution in [-0.2, 0) is 51.6 Å². The van der Waals surface area contributed by atoms with Gasteiger partial charge in [-0.3, -0.25) is 23.7 Å². The smallest absolute Gasteiger partial charge is 0.294 e. The minimum absolute atomic E-state index is 0.00881. The first kappa shape index (κ1) is 51.5. The van der Waals surface area contributed by atoms with Crippen molar-refractivity contribution >= 4 is 33.7 Å². The van der Waals surface area contributed by atoms with E-state index in [1.165, 1.54) is 12.1 Å². The third-order valence-electron chi connectivity index (χ3n) is 12.4. The van der Waals surface area contributed by atoms with Crippen LogP contribution in [0.2, 0.25) is 0 Å². The normalized spacial score (nSPS) is 18.5. The number of methoxy groups -OCH3 is 2. The Morgan fingerprint density at radius 2 is 1.49 bits per heavy atom. The maximum absolute atomic E-state index is 14.4. The molecule has 0 unspecified atom stereocenters. The molecule has 1 aliphatic rings. The lowest BCUT2D eigenvalue weighted by atomic mass is 9.89. The van der Waals surface area contributed by atoms with Gasteiger partial charge in [0.1, 0.15) is 6.04 Å². The average molecular weight is 872 g/mol. The van der Waals surface area contributed by atoms with E-state index in [4.69, 9.17) is 9.47 Å². The van der Waals surface area contributed by atoms with Gasteiger partial charge in [0, 0.05) is 33.9 Å². The molecule has 1 fully saturated rings. The van der Waals surface area contributed by atoms with Gasteiger partial charge in [-0.25, -0.2) is 0 Å². The van der Waals surface area contributed by atoms with Crippen molar-refractivity contribution in [2.24, 2.45) is 23.7 Å². The van der Waals surface area contributed by atoms with Crippen molar-refractivity contribution in [2.75, 3.05) is 34.9 Å². The topological polar surface area (TPSA) is 184 Å². The Bertz CT molecular complexity index is 1810. The summed E-state index contributed by atoms with van der Waals surface area (Å²) in [6.45, 7) is 14.1. The number of hydrogen-bond donors (Lipinski definition) is 4. The summed E-state index contributed by atoms with van der Waals surface area (Å²) in [5, 5.41) is 9.29. The van der Waals surface area contributed by atoms with Crippen molar-refractivity contribution in [3.05, 3.63) is 65.7 Å². The predicted molar refractivity (Wildman–Crippen MR) is 237 cm³/mol. The minimum Gasteiger partial charge on any atom is -0.379 e. The van der Waals surface area contributed by atoms with Crippen LogP contribution in [0.1, 0.15) is 91.7 Å². The monoisotopic (exact) mass is 872 g/mol. The number of hydrogen-bond acceptors (Lipinski definition) is 9. The highest BCUT2D eigenvalue weighted by molar-refractivity contribution is 7.85. The van der Waals surface area contributed by atoms with Gasteiger partial charge in [-0.2, -0.15) is 8.42 Å². The second kappa shape index (κ2) is 24.1. The first-order valence-electron chi connectivity index (χ1n) is 21.8. The fraction of sp³-hybridized carbons (Fsp3) is 0.652. The molecule has 2 aromatic rings. The zero-order valence-electron chi connectivity index (χ0n) is 38.2. The lowest BCUT2D eigenvalue weighted by molar-refractivity contribution is -0.147. The molecule has 3 rings (SSSR count). The number of ether oxygens (including phenoxy) is 2. The van der Waals surface area contributed by atoms with Gasteiger partial charge in [0.2, 0.25) is 23.6 Å². The van der Waals surface area contributed by atoms with E-state index in [2.05, 4.69) is 16.0 Å². The van der Waals surface area contributed by atoms with Crippen LogP contribution in [0.25, 0.3) is 0 Å². The van der Waals surface area contributed by atoms with Crippen molar-refractivity contribution in [1.82, 2.24) is 25.8 Å². The van der Waals surface area contributed by atoms with Crippen molar-refractivity contribution in [3.8, 4) is 0 Å². The van der Waals surface area contributed by atoms with Gasteiger partial charge in [-0.05, 0) is 80.2 Å². The van der Waals surface area contributed by atoms with E-state index in [0.717, 1.165) is 24.0 Å². The number of rotatable bonds is 24. The molecule has 61 heavy (non-hydrogen) atoms. The van der Waals surface area contributed by atoms with Crippen LogP contribution in [-0.4, -0.2) is 124 Å². The van der Waals surface area contributed by atoms with E-state index in [-0.39, 0.29) is 64.8 Å². The highest BCUT2D eigenvalue weighted by Crippen LogP contribution is 2.30. The number of nitrogens with zero attached hydrogens (tertiary/aromatic N) is 2. The number of aryl methyl sites for hydroxylation is 1. The van der Waals surface area contributed by atoms with Gasteiger partial charge in [0.05, 0.1) is 47.6 Å². The van der Waals surface area contributed by atoms with Crippen molar-refractivity contribution in [3.63, 3.8) is 0 Å². The summed E-state index contributed by atoms with van der Waals surface area (Å²) in [5.74, 6) is -1.69. The molecule has 1 saturated heterocycles. The van der Waals surface area contributed by atoms with Gasteiger partial charge in [-0.15, -0.1) is 0 Å². The second-order valence-electron chi connectivity index (χ2n) is 17.4. The maximum atomic E-state index is 14.4. The Hall–Kier alpha value is -3.89. The summed E-state index contributed by atoms with van der Waals surface area (Å²) in [6, 6.07) is 13.5. The van der Waals surface area contributed by atoms with E-state index in [1.54, 1.807) is 50.2 Å². The lowest BCUT2D eigenvalue weighted by Gasteiger charge is -2.41. The summed E-state index contributed by atoms with van der Waals surface area (Å²) in [4.78, 5) is 59.2. The Morgan fingerprint density at radius 3 is 2.02 bits per heavy atom. The Kier molecular flexibility index (Phi) is 20.3. The van der Waals surface area contributed by atoms with Crippen LogP contribution < -0.4 is 16.0 Å². The van der Waals surface area contributed by atoms with Crippen LogP contribution in [0.4, 0.5) is 0 Å². The van der Waals surface area contributed by atoms with E-state index in [9.17, 15) is 32.1 Å². The van der Waals surface area contributed by atoms with E-state index in [0.29, 0.717) is 32.2 Å². The quantitative estimate of drug-likeness (QED) is 0.106. The largest absolute Gasteiger partial charge is 0.379 e. The molecule has 342 valence electrons. The Labute approximate surface area is 365 Å². The van der Waals surface area contributed by atoms with Crippen LogP contribution in [0.5, 0.6) is 0 Å². The second-order valence-corrected chi connectivity index (χ2v) is 18.8. The molecule has 0 bridgehead atoms. The molecular weight excluding hydrogens is 799 g/mol. The van der Waals surface area contributed by atoms with Gasteiger partial charge in [-0.1, -0.05) is 97.4 Å². The molecule has 1 aliphatic heterocycles. The molecule has 0 aromatic heterocycles. The van der Waals surface area contributed by atoms with E-state index in [1.807, 2.05) is 78.8 Å². The number of amides is 4. The van der Waals surface area contributed by atoms with Gasteiger partial charge >= 0.3 is 0 Å². The number of nitrogens with one attached hydrogen (secondary N) is 3. The molecule has 0 aliphatic carbocycles. The van der Waals surface area contributed by atoms with E-state index < -0.39 is 46.4 Å². The third-order valence-corrected chi connectivity index (χ3v) is 13.3. The molecule has 0 saturated carbocycles. The molecule has 2 aromatic carbocycles. The van der Waals surface area contributed by atoms with Crippen molar-refractivity contribution < 1.29 is 41.6 Å². The Morgan fingerprint density at radius 1 is 0.869 bits per heavy atom. The number of likely N-dealkylation sites (N-methyl/N-ethyl adjacent to an activating group) is 2. The summed E-state index contributed by atoms with van der Waals surface area (Å²) < 4.78 is 44.6. The van der Waals surface area contributed by atoms with Gasteiger partial charge in [0.15, 0.2) is 0 Å². The molecule has 4 N–H and O–H groups in total. The van der Waals surface area contributed by atoms with Crippen LogP contribution in [0, 0.1) is 23.7 Å². The molecule has 1 heterocycles. The first-order valence-corrected chi connectivity index (χ1v) is 23.2. The summed E-state index contributed by atoms with van der Waals surface area (Å²) in [6.07, 6.45) is 2.56. The standard InChI is InChI=1S/C46H73N5O9S/c1-12-31(6)42(50(9)46(55)41(30(4)5)49-45(54)40(47-8)29(2)3)38(59-10)28-39(52)51-26-16-19-37(51)43(60-11)32(7)44(53)48-35(27-34-17-14-13-15-18-34)23-20-33-21-24-36(25-22-33)61(56,57)58/h13-15,17-18,21-22,24-25,29-32,35,37-38,40-43,47H,12,16,19-20,23,26-28H2,1-11H3,(H,48,53)(H,49,54)(H,56,57,58)/t31-,32+,35+,37-,38+,40-,41-,42-,43+/m0/s1. The fourth-order valence-electron chi connectivity index (χ4n) is 8.67. The highest BCUT2D eigenvalue weighted by atomic mass is 32.2. The molecule has 14 nitrogen and oxygen atoms in total.